The first-order valence-electron chi connectivity index (χ1n) is 9.43. The SMILES string of the molecule is CC1(C)CNCc2cc(Nc3ncc4c(n3)OCN(c3ncc[nH]3)C4=O)ccc21. The standard InChI is InChI=1S/C20H21N7O2/c1-20(2)10-21-8-12-7-13(3-4-15(12)20)25-18-24-9-14-16(26-18)29-11-27(17(14)28)19-22-5-6-23-19/h3-7,9,21H,8,10-11H2,1-2H3,(H,22,23)(H,24,25,26). The number of fused-ring (bicyclic) bond motifs is 2. The number of H-pyrrole nitrogens is 1. The van der Waals surface area contributed by atoms with E-state index in [1.165, 1.54) is 22.2 Å². The molecule has 2 aliphatic heterocycles. The lowest BCUT2D eigenvalue weighted by Crippen LogP contribution is -2.40. The molecule has 148 valence electrons. The van der Waals surface area contributed by atoms with E-state index in [1.807, 2.05) is 6.07 Å². The van der Waals surface area contributed by atoms with E-state index in [4.69, 9.17) is 4.74 Å². The number of carbonyl (C=O) groups is 1. The number of aromatic nitrogens is 4. The molecule has 29 heavy (non-hydrogen) atoms. The molecule has 0 spiro atoms. The number of ether oxygens (including phenoxy) is 1. The van der Waals surface area contributed by atoms with E-state index >= 15 is 0 Å². The van der Waals surface area contributed by atoms with Gasteiger partial charge >= 0.3 is 0 Å². The van der Waals surface area contributed by atoms with Crippen LogP contribution < -0.4 is 20.3 Å². The molecule has 0 aliphatic carbocycles. The van der Waals surface area contributed by atoms with Gasteiger partial charge in [0.15, 0.2) is 6.73 Å². The summed E-state index contributed by atoms with van der Waals surface area (Å²) in [6.45, 7) is 6.30. The predicted octanol–water partition coefficient (Wildman–Crippen LogP) is 2.32. The Hall–Kier alpha value is -3.46. The largest absolute Gasteiger partial charge is 0.455 e. The molecule has 0 unspecified atom stereocenters. The van der Waals surface area contributed by atoms with Gasteiger partial charge in [-0.05, 0) is 23.3 Å². The molecular weight excluding hydrogens is 370 g/mol. The number of nitrogens with one attached hydrogen (secondary N) is 3. The molecule has 3 aromatic rings. The average molecular weight is 391 g/mol. The summed E-state index contributed by atoms with van der Waals surface area (Å²) in [5.74, 6) is 0.810. The highest BCUT2D eigenvalue weighted by Gasteiger charge is 2.30. The van der Waals surface area contributed by atoms with E-state index in [0.29, 0.717) is 17.5 Å². The van der Waals surface area contributed by atoms with Gasteiger partial charge < -0.3 is 20.4 Å². The first-order chi connectivity index (χ1) is 14.0. The lowest BCUT2D eigenvalue weighted by atomic mass is 9.79. The van der Waals surface area contributed by atoms with Gasteiger partial charge in [0.2, 0.25) is 17.8 Å². The molecule has 0 fully saturated rings. The zero-order valence-corrected chi connectivity index (χ0v) is 16.2. The van der Waals surface area contributed by atoms with Gasteiger partial charge in [-0.3, -0.25) is 4.79 Å². The maximum absolute atomic E-state index is 12.7. The molecule has 3 N–H and O–H groups in total. The highest BCUT2D eigenvalue weighted by molar-refractivity contribution is 6.07. The molecule has 9 heteroatoms. The van der Waals surface area contributed by atoms with Crippen molar-refractivity contribution in [1.82, 2.24) is 25.3 Å². The quantitative estimate of drug-likeness (QED) is 0.629. The maximum atomic E-state index is 12.7. The van der Waals surface area contributed by atoms with Crippen LogP contribution in [-0.4, -0.2) is 39.1 Å². The van der Waals surface area contributed by atoms with E-state index in [-0.39, 0.29) is 23.9 Å². The van der Waals surface area contributed by atoms with E-state index in [0.717, 1.165) is 18.8 Å². The number of hydrogen-bond donors (Lipinski definition) is 3. The molecule has 0 saturated carbocycles. The molecule has 1 aromatic carbocycles. The number of anilines is 3. The number of amides is 1. The van der Waals surface area contributed by atoms with Crippen LogP contribution in [0.15, 0.2) is 36.8 Å². The summed E-state index contributed by atoms with van der Waals surface area (Å²) >= 11 is 0. The van der Waals surface area contributed by atoms with Crippen LogP contribution in [0.25, 0.3) is 0 Å². The van der Waals surface area contributed by atoms with Gasteiger partial charge in [0.1, 0.15) is 5.56 Å². The first kappa shape index (κ1) is 17.6. The zero-order valence-electron chi connectivity index (χ0n) is 16.2. The maximum Gasteiger partial charge on any atom is 0.270 e. The molecule has 2 aromatic heterocycles. The summed E-state index contributed by atoms with van der Waals surface area (Å²) < 4.78 is 5.67. The second-order valence-corrected chi connectivity index (χ2v) is 7.82. The number of carbonyl (C=O) groups excluding carboxylic acids is 1. The Morgan fingerprint density at radius 1 is 1.28 bits per heavy atom. The van der Waals surface area contributed by atoms with Crippen LogP contribution in [0.2, 0.25) is 0 Å². The molecule has 0 atom stereocenters. The summed E-state index contributed by atoms with van der Waals surface area (Å²) in [6.07, 6.45) is 4.71. The van der Waals surface area contributed by atoms with E-state index in [2.05, 4.69) is 56.5 Å². The van der Waals surface area contributed by atoms with E-state index < -0.39 is 0 Å². The van der Waals surface area contributed by atoms with Crippen molar-refractivity contribution in [2.75, 3.05) is 23.5 Å². The van der Waals surface area contributed by atoms with Crippen molar-refractivity contribution in [3.63, 3.8) is 0 Å². The number of rotatable bonds is 3. The van der Waals surface area contributed by atoms with Crippen molar-refractivity contribution < 1.29 is 9.53 Å². The van der Waals surface area contributed by atoms with Crippen LogP contribution in [0.1, 0.15) is 35.3 Å². The first-order valence-corrected chi connectivity index (χ1v) is 9.43. The topological polar surface area (TPSA) is 108 Å². The number of nitrogens with zero attached hydrogens (tertiary/aromatic N) is 4. The summed E-state index contributed by atoms with van der Waals surface area (Å²) in [4.78, 5) is 29.8. The molecule has 4 heterocycles. The van der Waals surface area contributed by atoms with Crippen molar-refractivity contribution in [3.8, 4) is 5.88 Å². The van der Waals surface area contributed by atoms with Crippen LogP contribution in [0.4, 0.5) is 17.6 Å². The lowest BCUT2D eigenvalue weighted by Gasteiger charge is -2.33. The summed E-state index contributed by atoms with van der Waals surface area (Å²) in [7, 11) is 0. The van der Waals surface area contributed by atoms with Crippen LogP contribution in [0.5, 0.6) is 5.88 Å². The second kappa shape index (κ2) is 6.56. The number of hydrogen-bond acceptors (Lipinski definition) is 7. The molecule has 1 amide bonds. The Morgan fingerprint density at radius 2 is 2.17 bits per heavy atom. The fourth-order valence-electron chi connectivity index (χ4n) is 3.79. The van der Waals surface area contributed by atoms with Crippen molar-refractivity contribution >= 4 is 23.5 Å². The Bertz CT molecular complexity index is 1080. The molecule has 5 rings (SSSR count). The number of imidazole rings is 1. The molecule has 0 saturated heterocycles. The summed E-state index contributed by atoms with van der Waals surface area (Å²) in [5.41, 5.74) is 3.89. The van der Waals surface area contributed by atoms with Crippen molar-refractivity contribution in [2.24, 2.45) is 0 Å². The van der Waals surface area contributed by atoms with Crippen LogP contribution >= 0.6 is 0 Å². The normalized spacial score (nSPS) is 17.3. The molecule has 2 aliphatic rings. The van der Waals surface area contributed by atoms with E-state index in [9.17, 15) is 4.79 Å². The van der Waals surface area contributed by atoms with Gasteiger partial charge in [-0.25, -0.2) is 14.9 Å². The van der Waals surface area contributed by atoms with E-state index in [1.54, 1.807) is 12.4 Å². The van der Waals surface area contributed by atoms with Gasteiger partial charge in [-0.1, -0.05) is 19.9 Å². The van der Waals surface area contributed by atoms with Gasteiger partial charge in [-0.15, -0.1) is 0 Å². The van der Waals surface area contributed by atoms with Crippen LogP contribution in [0, 0.1) is 0 Å². The minimum Gasteiger partial charge on any atom is -0.455 e. The smallest absolute Gasteiger partial charge is 0.270 e. The highest BCUT2D eigenvalue weighted by Crippen LogP contribution is 2.32. The third-order valence-electron chi connectivity index (χ3n) is 5.27. The highest BCUT2D eigenvalue weighted by atomic mass is 16.5. The van der Waals surface area contributed by atoms with Gasteiger partial charge in [0, 0.05) is 42.8 Å². The predicted molar refractivity (Wildman–Crippen MR) is 107 cm³/mol. The Kier molecular flexibility index (Phi) is 3.99. The Morgan fingerprint density at radius 3 is 3.00 bits per heavy atom. The monoisotopic (exact) mass is 391 g/mol. The van der Waals surface area contributed by atoms with Crippen molar-refractivity contribution in [3.05, 3.63) is 53.5 Å². The molecule has 9 nitrogen and oxygen atoms in total. The number of benzene rings is 1. The molecular formula is C20H21N7O2. The molecule has 0 radical (unpaired) electrons. The second-order valence-electron chi connectivity index (χ2n) is 7.82. The molecule has 0 bridgehead atoms. The fraction of sp³-hybridized carbons (Fsp3) is 0.300. The fourth-order valence-corrected chi connectivity index (χ4v) is 3.79. The average Bonchev–Trinajstić information content (AvgIpc) is 3.22. The summed E-state index contributed by atoms with van der Waals surface area (Å²) in [6, 6.07) is 6.29. The van der Waals surface area contributed by atoms with Gasteiger partial charge in [0.25, 0.3) is 5.91 Å². The van der Waals surface area contributed by atoms with Gasteiger partial charge in [-0.2, -0.15) is 4.98 Å². The van der Waals surface area contributed by atoms with Crippen LogP contribution in [-0.2, 0) is 12.0 Å². The Labute approximate surface area is 167 Å². The minimum atomic E-state index is -0.255. The zero-order chi connectivity index (χ0) is 20.0. The minimum absolute atomic E-state index is 0.0371. The summed E-state index contributed by atoms with van der Waals surface area (Å²) in [5, 5.41) is 6.67. The van der Waals surface area contributed by atoms with Crippen molar-refractivity contribution in [1.29, 1.82) is 0 Å². The number of aromatic amines is 1. The third kappa shape index (κ3) is 3.09. The van der Waals surface area contributed by atoms with Crippen LogP contribution in [0.3, 0.4) is 0 Å². The lowest BCUT2D eigenvalue weighted by molar-refractivity contribution is 0.0930. The van der Waals surface area contributed by atoms with Gasteiger partial charge in [0.05, 0.1) is 0 Å². The van der Waals surface area contributed by atoms with Crippen molar-refractivity contribution in [2.45, 2.75) is 25.8 Å². The Balaban J connectivity index is 1.38. The third-order valence-corrected chi connectivity index (χ3v) is 5.27.